The fourth-order valence-corrected chi connectivity index (χ4v) is 2.43. The van der Waals surface area contributed by atoms with Crippen molar-refractivity contribution in [3.63, 3.8) is 0 Å². The summed E-state index contributed by atoms with van der Waals surface area (Å²) in [4.78, 5) is 0. The van der Waals surface area contributed by atoms with Crippen LogP contribution in [0.15, 0.2) is 18.2 Å². The first-order chi connectivity index (χ1) is 7.74. The Hall–Kier alpha value is -1.22. The molecule has 2 unspecified atom stereocenters. The molecular formula is C13H19NO2. The maximum absolute atomic E-state index is 10.1. The predicted molar refractivity (Wildman–Crippen MR) is 64.1 cm³/mol. The molecule has 2 N–H and O–H groups in total. The molecule has 0 amide bonds. The summed E-state index contributed by atoms with van der Waals surface area (Å²) in [7, 11) is 1.58. The summed E-state index contributed by atoms with van der Waals surface area (Å²) in [5.41, 5.74) is 0.994. The van der Waals surface area contributed by atoms with Gasteiger partial charge in [-0.1, -0.05) is 19.1 Å². The number of phenolic OH excluding ortho intramolecular Hbond substituents is 1. The van der Waals surface area contributed by atoms with Crippen molar-refractivity contribution in [1.82, 2.24) is 5.32 Å². The molecule has 0 bridgehead atoms. The first-order valence-corrected chi connectivity index (χ1v) is 5.80. The zero-order chi connectivity index (χ0) is 11.5. The minimum Gasteiger partial charge on any atom is -0.504 e. The first kappa shape index (κ1) is 11.3. The number of methoxy groups -OCH3 is 1. The molecule has 16 heavy (non-hydrogen) atoms. The molecule has 1 aromatic rings. The van der Waals surface area contributed by atoms with E-state index in [1.807, 2.05) is 12.1 Å². The van der Waals surface area contributed by atoms with Crippen molar-refractivity contribution in [1.29, 1.82) is 0 Å². The second kappa shape index (κ2) is 4.74. The number of aromatic hydroxyl groups is 1. The number of nitrogens with one attached hydrogen (secondary N) is 1. The molecule has 1 aliphatic rings. The lowest BCUT2D eigenvalue weighted by atomic mass is 9.86. The van der Waals surface area contributed by atoms with Gasteiger partial charge in [0.1, 0.15) is 0 Å². The quantitative estimate of drug-likeness (QED) is 0.821. The van der Waals surface area contributed by atoms with E-state index in [0.717, 1.165) is 18.7 Å². The van der Waals surface area contributed by atoms with Gasteiger partial charge in [0.05, 0.1) is 7.11 Å². The van der Waals surface area contributed by atoms with E-state index in [4.69, 9.17) is 4.74 Å². The summed E-state index contributed by atoms with van der Waals surface area (Å²) in [5.74, 6) is 1.84. The Morgan fingerprint density at radius 3 is 2.94 bits per heavy atom. The van der Waals surface area contributed by atoms with Gasteiger partial charge in [-0.3, -0.25) is 0 Å². The zero-order valence-corrected chi connectivity index (χ0v) is 9.86. The van der Waals surface area contributed by atoms with Crippen LogP contribution < -0.4 is 10.1 Å². The molecule has 1 fully saturated rings. The second-order valence-electron chi connectivity index (χ2n) is 4.44. The fourth-order valence-electron chi connectivity index (χ4n) is 2.43. The lowest BCUT2D eigenvalue weighted by Crippen LogP contribution is -2.14. The number of benzene rings is 1. The highest BCUT2D eigenvalue weighted by atomic mass is 16.5. The third-order valence-corrected chi connectivity index (χ3v) is 3.55. The molecule has 2 atom stereocenters. The monoisotopic (exact) mass is 221 g/mol. The number of hydrogen-bond donors (Lipinski definition) is 2. The van der Waals surface area contributed by atoms with E-state index in [9.17, 15) is 5.11 Å². The van der Waals surface area contributed by atoms with Crippen molar-refractivity contribution >= 4 is 0 Å². The van der Waals surface area contributed by atoms with Crippen molar-refractivity contribution in [2.75, 3.05) is 20.2 Å². The summed E-state index contributed by atoms with van der Waals surface area (Å²) in [6.45, 7) is 4.30. The topological polar surface area (TPSA) is 41.5 Å². The Labute approximate surface area is 96.4 Å². The molecule has 1 aromatic carbocycles. The molecular weight excluding hydrogens is 202 g/mol. The summed E-state index contributed by atoms with van der Waals surface area (Å²) in [6, 6.07) is 5.71. The van der Waals surface area contributed by atoms with Crippen LogP contribution in [0.1, 0.15) is 24.8 Å². The van der Waals surface area contributed by atoms with Crippen LogP contribution in [0.25, 0.3) is 0 Å². The first-order valence-electron chi connectivity index (χ1n) is 5.80. The van der Waals surface area contributed by atoms with Crippen LogP contribution in [0.2, 0.25) is 0 Å². The highest BCUT2D eigenvalue weighted by Gasteiger charge is 2.25. The van der Waals surface area contributed by atoms with E-state index in [2.05, 4.69) is 12.2 Å². The van der Waals surface area contributed by atoms with Gasteiger partial charge in [0.15, 0.2) is 11.5 Å². The Balaban J connectivity index is 2.25. The van der Waals surface area contributed by atoms with Crippen molar-refractivity contribution in [2.45, 2.75) is 19.3 Å². The fraction of sp³-hybridized carbons (Fsp3) is 0.538. The maximum atomic E-state index is 10.1. The van der Waals surface area contributed by atoms with E-state index >= 15 is 0 Å². The molecule has 3 nitrogen and oxygen atoms in total. The Kier molecular flexibility index (Phi) is 3.34. The van der Waals surface area contributed by atoms with E-state index in [-0.39, 0.29) is 0 Å². The number of para-hydroxylation sites is 1. The molecule has 1 aliphatic heterocycles. The minimum atomic E-state index is 0.296. The van der Waals surface area contributed by atoms with Gasteiger partial charge in [-0.2, -0.15) is 0 Å². The summed E-state index contributed by atoms with van der Waals surface area (Å²) >= 11 is 0. The minimum absolute atomic E-state index is 0.296. The van der Waals surface area contributed by atoms with Gasteiger partial charge in [-0.25, -0.2) is 0 Å². The smallest absolute Gasteiger partial charge is 0.161 e. The molecule has 0 spiro atoms. The van der Waals surface area contributed by atoms with Gasteiger partial charge in [0, 0.05) is 5.56 Å². The highest BCUT2D eigenvalue weighted by Crippen LogP contribution is 2.38. The summed E-state index contributed by atoms with van der Waals surface area (Å²) in [6.07, 6.45) is 1.18. The molecule has 88 valence electrons. The van der Waals surface area contributed by atoms with Crippen molar-refractivity contribution < 1.29 is 9.84 Å². The van der Waals surface area contributed by atoms with Crippen LogP contribution in [-0.2, 0) is 0 Å². The predicted octanol–water partition coefficient (Wildman–Crippen LogP) is 2.11. The van der Waals surface area contributed by atoms with E-state index in [0.29, 0.717) is 23.3 Å². The number of phenols is 1. The van der Waals surface area contributed by atoms with Crippen molar-refractivity contribution in [3.8, 4) is 11.5 Å². The van der Waals surface area contributed by atoms with Crippen LogP contribution >= 0.6 is 0 Å². The van der Waals surface area contributed by atoms with Gasteiger partial charge >= 0.3 is 0 Å². The molecule has 2 rings (SSSR count). The largest absolute Gasteiger partial charge is 0.504 e. The molecule has 3 heteroatoms. The van der Waals surface area contributed by atoms with Crippen LogP contribution in [0.3, 0.4) is 0 Å². The molecule has 0 saturated carbocycles. The van der Waals surface area contributed by atoms with Gasteiger partial charge in [-0.05, 0) is 37.4 Å². The van der Waals surface area contributed by atoms with E-state index in [1.54, 1.807) is 13.2 Å². The second-order valence-corrected chi connectivity index (χ2v) is 4.44. The Bertz CT molecular complexity index is 359. The third kappa shape index (κ3) is 2.00. The third-order valence-electron chi connectivity index (χ3n) is 3.55. The maximum Gasteiger partial charge on any atom is 0.161 e. The number of ether oxygens (including phenoxy) is 1. The molecule has 0 aliphatic carbocycles. The van der Waals surface area contributed by atoms with Gasteiger partial charge in [0.2, 0.25) is 0 Å². The van der Waals surface area contributed by atoms with E-state index in [1.165, 1.54) is 6.42 Å². The van der Waals surface area contributed by atoms with Gasteiger partial charge in [-0.15, -0.1) is 0 Å². The van der Waals surface area contributed by atoms with E-state index < -0.39 is 0 Å². The Morgan fingerprint density at radius 1 is 1.50 bits per heavy atom. The molecule has 0 radical (unpaired) electrons. The average Bonchev–Trinajstić information content (AvgIpc) is 2.82. The lowest BCUT2D eigenvalue weighted by molar-refractivity contribution is 0.363. The molecule has 0 aromatic heterocycles. The van der Waals surface area contributed by atoms with Gasteiger partial charge < -0.3 is 15.2 Å². The lowest BCUT2D eigenvalue weighted by Gasteiger charge is -2.20. The number of rotatable bonds is 3. The summed E-state index contributed by atoms with van der Waals surface area (Å²) in [5, 5.41) is 13.4. The van der Waals surface area contributed by atoms with Crippen LogP contribution in [0.4, 0.5) is 0 Å². The van der Waals surface area contributed by atoms with Crippen LogP contribution in [0, 0.1) is 5.92 Å². The standard InChI is InChI=1S/C13H19NO2/c1-9(10-6-7-14-8-10)11-4-3-5-12(16-2)13(11)15/h3-5,9-10,14-15H,6-8H2,1-2H3. The highest BCUT2D eigenvalue weighted by molar-refractivity contribution is 5.47. The normalized spacial score (nSPS) is 22.0. The van der Waals surface area contributed by atoms with Crippen LogP contribution in [-0.4, -0.2) is 25.3 Å². The number of hydrogen-bond acceptors (Lipinski definition) is 3. The molecule has 1 saturated heterocycles. The average molecular weight is 221 g/mol. The van der Waals surface area contributed by atoms with Crippen molar-refractivity contribution in [2.24, 2.45) is 5.92 Å². The Morgan fingerprint density at radius 2 is 2.31 bits per heavy atom. The van der Waals surface area contributed by atoms with Crippen molar-refractivity contribution in [3.05, 3.63) is 23.8 Å². The summed E-state index contributed by atoms with van der Waals surface area (Å²) < 4.78 is 5.13. The van der Waals surface area contributed by atoms with Crippen LogP contribution in [0.5, 0.6) is 11.5 Å². The van der Waals surface area contributed by atoms with Gasteiger partial charge in [0.25, 0.3) is 0 Å². The SMILES string of the molecule is COc1cccc(C(C)C2CCNC2)c1O. The molecule has 1 heterocycles. The zero-order valence-electron chi connectivity index (χ0n) is 9.86.